The lowest BCUT2D eigenvalue weighted by atomic mass is 10.1. The van der Waals surface area contributed by atoms with Crippen molar-refractivity contribution in [2.45, 2.75) is 12.7 Å². The molecule has 0 spiro atoms. The molecule has 0 radical (unpaired) electrons. The van der Waals surface area contributed by atoms with Gasteiger partial charge in [0, 0.05) is 19.3 Å². The van der Waals surface area contributed by atoms with Gasteiger partial charge in [0.15, 0.2) is 5.92 Å². The quantitative estimate of drug-likeness (QED) is 0.846. The van der Waals surface area contributed by atoms with Gasteiger partial charge >= 0.3 is 6.18 Å². The number of nitrogens with zero attached hydrogens (tertiary/aromatic N) is 3. The normalized spacial score (nSPS) is 13.1. The molecule has 0 aliphatic carbocycles. The molecule has 16 heavy (non-hydrogen) atoms. The third-order valence-electron chi connectivity index (χ3n) is 1.83. The van der Waals surface area contributed by atoms with E-state index in [9.17, 15) is 13.2 Å². The number of rotatable bonds is 4. The van der Waals surface area contributed by atoms with Gasteiger partial charge in [-0.1, -0.05) is 0 Å². The van der Waals surface area contributed by atoms with E-state index in [4.69, 9.17) is 5.26 Å². The number of alkyl halides is 3. The van der Waals surface area contributed by atoms with Crippen LogP contribution in [0.15, 0.2) is 18.3 Å². The fourth-order valence-corrected chi connectivity index (χ4v) is 1.01. The first-order chi connectivity index (χ1) is 7.54. The number of nitrogens with one attached hydrogen (secondary N) is 1. The fourth-order valence-electron chi connectivity index (χ4n) is 1.01. The maximum absolute atomic E-state index is 12.2. The highest BCUT2D eigenvalue weighted by Crippen LogP contribution is 2.24. The molecule has 0 aliphatic heterocycles. The molecule has 0 saturated heterocycles. The van der Waals surface area contributed by atoms with Crippen molar-refractivity contribution >= 4 is 0 Å². The van der Waals surface area contributed by atoms with Crippen LogP contribution in [0.4, 0.5) is 13.2 Å². The fraction of sp³-hybridized carbons (Fsp3) is 0.444. The first-order valence-electron chi connectivity index (χ1n) is 4.47. The highest BCUT2D eigenvalue weighted by atomic mass is 19.4. The second-order valence-electron chi connectivity index (χ2n) is 3.07. The van der Waals surface area contributed by atoms with Crippen molar-refractivity contribution < 1.29 is 13.2 Å². The summed E-state index contributed by atoms with van der Waals surface area (Å²) in [4.78, 5) is 0. The molecule has 7 heteroatoms. The Balaban J connectivity index is 2.39. The molecular weight excluding hydrogens is 221 g/mol. The Hall–Kier alpha value is -1.68. The lowest BCUT2D eigenvalue weighted by molar-refractivity contribution is -0.157. The van der Waals surface area contributed by atoms with E-state index in [2.05, 4.69) is 15.5 Å². The smallest absolute Gasteiger partial charge is 0.309 e. The van der Waals surface area contributed by atoms with Crippen LogP contribution in [0, 0.1) is 17.2 Å². The second kappa shape index (κ2) is 5.42. The minimum Gasteiger partial charge on any atom is -0.309 e. The Bertz CT molecular complexity index is 357. The summed E-state index contributed by atoms with van der Waals surface area (Å²) >= 11 is 0. The van der Waals surface area contributed by atoms with Gasteiger partial charge in [0.2, 0.25) is 0 Å². The monoisotopic (exact) mass is 230 g/mol. The molecule has 1 heterocycles. The Kier molecular flexibility index (Phi) is 4.19. The number of aromatic nitrogens is 2. The predicted octanol–water partition coefficient (Wildman–Crippen LogP) is 1.27. The van der Waals surface area contributed by atoms with Gasteiger partial charge in [0.05, 0.1) is 11.8 Å². The van der Waals surface area contributed by atoms with Crippen LogP contribution in [0.2, 0.25) is 0 Å². The van der Waals surface area contributed by atoms with Crippen LogP contribution in [-0.2, 0) is 6.54 Å². The summed E-state index contributed by atoms with van der Waals surface area (Å²) in [5.41, 5.74) is 0.529. The number of hydrogen-bond donors (Lipinski definition) is 1. The van der Waals surface area contributed by atoms with Gasteiger partial charge in [0.25, 0.3) is 0 Å². The van der Waals surface area contributed by atoms with Gasteiger partial charge in [-0.05, 0) is 12.1 Å². The van der Waals surface area contributed by atoms with Crippen LogP contribution in [0.3, 0.4) is 0 Å². The van der Waals surface area contributed by atoms with Crippen molar-refractivity contribution in [1.29, 1.82) is 5.26 Å². The van der Waals surface area contributed by atoms with Crippen molar-refractivity contribution in [3.05, 3.63) is 24.0 Å². The Morgan fingerprint density at radius 1 is 1.50 bits per heavy atom. The molecule has 0 fully saturated rings. The van der Waals surface area contributed by atoms with Gasteiger partial charge in [-0.15, -0.1) is 0 Å². The number of hydrogen-bond acceptors (Lipinski definition) is 4. The number of nitriles is 1. The molecule has 0 bridgehead atoms. The summed E-state index contributed by atoms with van der Waals surface area (Å²) < 4.78 is 36.5. The summed E-state index contributed by atoms with van der Waals surface area (Å²) in [6, 6.07) is 4.47. The Labute approximate surface area is 90.1 Å². The first-order valence-corrected chi connectivity index (χ1v) is 4.47. The highest BCUT2D eigenvalue weighted by molar-refractivity contribution is 4.99. The van der Waals surface area contributed by atoms with Crippen LogP contribution in [0.1, 0.15) is 5.69 Å². The predicted molar refractivity (Wildman–Crippen MR) is 48.9 cm³/mol. The van der Waals surface area contributed by atoms with E-state index in [0.717, 1.165) is 0 Å². The van der Waals surface area contributed by atoms with Gasteiger partial charge in [-0.25, -0.2) is 0 Å². The SMILES string of the molecule is N#CC(CNCc1cccnn1)C(F)(F)F. The zero-order chi connectivity index (χ0) is 12.0. The van der Waals surface area contributed by atoms with Crippen molar-refractivity contribution in [1.82, 2.24) is 15.5 Å². The van der Waals surface area contributed by atoms with E-state index in [0.29, 0.717) is 5.69 Å². The van der Waals surface area contributed by atoms with Crippen LogP contribution >= 0.6 is 0 Å². The molecule has 1 aromatic heterocycles. The molecule has 1 aromatic rings. The molecular formula is C9H9F3N4. The average molecular weight is 230 g/mol. The largest absolute Gasteiger partial charge is 0.405 e. The highest BCUT2D eigenvalue weighted by Gasteiger charge is 2.39. The summed E-state index contributed by atoms with van der Waals surface area (Å²) in [7, 11) is 0. The lowest BCUT2D eigenvalue weighted by Crippen LogP contribution is -2.32. The minimum absolute atomic E-state index is 0.155. The first kappa shape index (κ1) is 12.4. The van der Waals surface area contributed by atoms with Crippen LogP contribution in [0.5, 0.6) is 0 Å². The van der Waals surface area contributed by atoms with E-state index in [1.807, 2.05) is 0 Å². The molecule has 1 unspecified atom stereocenters. The van der Waals surface area contributed by atoms with Crippen molar-refractivity contribution in [2.24, 2.45) is 5.92 Å². The molecule has 0 saturated carbocycles. The summed E-state index contributed by atoms with van der Waals surface area (Å²) in [6.45, 7) is -0.293. The van der Waals surface area contributed by atoms with E-state index in [1.165, 1.54) is 12.3 Å². The topological polar surface area (TPSA) is 61.6 Å². The van der Waals surface area contributed by atoms with Gasteiger partial charge < -0.3 is 5.32 Å². The molecule has 1 N–H and O–H groups in total. The second-order valence-corrected chi connectivity index (χ2v) is 3.07. The van der Waals surface area contributed by atoms with Crippen molar-refractivity contribution in [3.8, 4) is 6.07 Å². The summed E-state index contributed by atoms with van der Waals surface area (Å²) in [5.74, 6) is -2.00. The third kappa shape index (κ3) is 3.82. The van der Waals surface area contributed by atoms with Crippen LogP contribution < -0.4 is 5.32 Å². The molecule has 0 amide bonds. The minimum atomic E-state index is -4.50. The molecule has 0 aromatic carbocycles. The van der Waals surface area contributed by atoms with E-state index < -0.39 is 18.6 Å². The van der Waals surface area contributed by atoms with Crippen molar-refractivity contribution in [3.63, 3.8) is 0 Å². The average Bonchev–Trinajstić information content (AvgIpc) is 2.24. The molecule has 4 nitrogen and oxygen atoms in total. The van der Waals surface area contributed by atoms with Gasteiger partial charge in [-0.2, -0.15) is 28.6 Å². The maximum atomic E-state index is 12.2. The van der Waals surface area contributed by atoms with Gasteiger partial charge in [0.1, 0.15) is 0 Å². The molecule has 1 atom stereocenters. The van der Waals surface area contributed by atoms with E-state index in [-0.39, 0.29) is 6.54 Å². The third-order valence-corrected chi connectivity index (χ3v) is 1.83. The zero-order valence-corrected chi connectivity index (χ0v) is 8.20. The molecule has 1 rings (SSSR count). The Morgan fingerprint density at radius 3 is 2.75 bits per heavy atom. The van der Waals surface area contributed by atoms with Gasteiger partial charge in [-0.3, -0.25) is 0 Å². The molecule has 86 valence electrons. The van der Waals surface area contributed by atoms with E-state index >= 15 is 0 Å². The molecule has 0 aliphatic rings. The number of halogens is 3. The zero-order valence-electron chi connectivity index (χ0n) is 8.20. The van der Waals surface area contributed by atoms with Crippen LogP contribution in [-0.4, -0.2) is 22.9 Å². The van der Waals surface area contributed by atoms with Crippen LogP contribution in [0.25, 0.3) is 0 Å². The summed E-state index contributed by atoms with van der Waals surface area (Å²) in [6.07, 6.45) is -3.03. The van der Waals surface area contributed by atoms with E-state index in [1.54, 1.807) is 12.1 Å². The van der Waals surface area contributed by atoms with Crippen molar-refractivity contribution in [2.75, 3.05) is 6.54 Å². The lowest BCUT2D eigenvalue weighted by Gasteiger charge is -2.13. The summed E-state index contributed by atoms with van der Waals surface area (Å²) in [5, 5.41) is 18.1. The maximum Gasteiger partial charge on any atom is 0.405 e. The standard InChI is InChI=1S/C9H9F3N4/c10-9(11,12)7(4-13)5-14-6-8-2-1-3-15-16-8/h1-3,7,14H,5-6H2. The Morgan fingerprint density at radius 2 is 2.25 bits per heavy atom.